The van der Waals surface area contributed by atoms with Gasteiger partial charge in [-0.1, -0.05) is 34.8 Å². The summed E-state index contributed by atoms with van der Waals surface area (Å²) in [5, 5.41) is 7.49. The third-order valence-corrected chi connectivity index (χ3v) is 6.89. The summed E-state index contributed by atoms with van der Waals surface area (Å²) in [6.07, 6.45) is -4.91. The zero-order chi connectivity index (χ0) is 26.8. The lowest BCUT2D eigenvalue weighted by molar-refractivity contribution is -0.138. The van der Waals surface area contributed by atoms with Gasteiger partial charge >= 0.3 is 6.18 Å². The highest BCUT2D eigenvalue weighted by atomic mass is 35.5. The van der Waals surface area contributed by atoms with Crippen molar-refractivity contribution in [3.63, 3.8) is 0 Å². The summed E-state index contributed by atoms with van der Waals surface area (Å²) in [6.45, 7) is -1.70. The second-order valence-corrected chi connectivity index (χ2v) is 10.6. The summed E-state index contributed by atoms with van der Waals surface area (Å²) in [5.41, 5.74) is 0.784. The molecule has 2 unspecified atom stereocenters. The van der Waals surface area contributed by atoms with Crippen LogP contribution in [0.4, 0.5) is 18.9 Å². The minimum absolute atomic E-state index is 0.0258. The van der Waals surface area contributed by atoms with Gasteiger partial charge in [-0.05, 0) is 42.0 Å². The molecule has 3 rings (SSSR count). The van der Waals surface area contributed by atoms with Gasteiger partial charge in [0.15, 0.2) is 0 Å². The number of anilines is 1. The van der Waals surface area contributed by atoms with Crippen molar-refractivity contribution in [1.82, 2.24) is 10.6 Å². The topological polar surface area (TPSA) is 87.3 Å². The summed E-state index contributed by atoms with van der Waals surface area (Å²) >= 11 is 30.8. The van der Waals surface area contributed by atoms with Gasteiger partial charge in [0.1, 0.15) is 10.9 Å². The Morgan fingerprint density at radius 1 is 0.944 bits per heavy atom. The molecule has 0 bridgehead atoms. The van der Waals surface area contributed by atoms with E-state index in [2.05, 4.69) is 10.6 Å². The van der Waals surface area contributed by atoms with Crippen LogP contribution in [-0.4, -0.2) is 41.3 Å². The van der Waals surface area contributed by atoms with Crippen molar-refractivity contribution in [2.24, 2.45) is 5.92 Å². The first-order chi connectivity index (χ1) is 16.7. The fourth-order valence-corrected chi connectivity index (χ4v) is 5.07. The largest absolute Gasteiger partial charge is 0.405 e. The molecular weight excluding hydrogens is 589 g/mol. The first kappa shape index (κ1) is 28.7. The van der Waals surface area contributed by atoms with Gasteiger partial charge in [0, 0.05) is 34.6 Å². The van der Waals surface area contributed by atoms with E-state index in [-0.39, 0.29) is 29.2 Å². The van der Waals surface area contributed by atoms with Crippen molar-refractivity contribution in [2.45, 2.75) is 22.8 Å². The Kier molecular flexibility index (Phi) is 8.94. The van der Waals surface area contributed by atoms with Gasteiger partial charge in [-0.3, -0.25) is 14.4 Å². The molecule has 2 aromatic rings. The molecule has 3 amide bonds. The lowest BCUT2D eigenvalue weighted by Crippen LogP contribution is -2.36. The van der Waals surface area contributed by atoms with Crippen molar-refractivity contribution in [3.8, 4) is 0 Å². The molecule has 1 aliphatic rings. The predicted molar refractivity (Wildman–Crippen MR) is 133 cm³/mol. The van der Waals surface area contributed by atoms with Crippen LogP contribution in [-0.2, 0) is 9.59 Å². The highest BCUT2D eigenvalue weighted by Gasteiger charge is 2.67. The van der Waals surface area contributed by atoms with E-state index in [1.807, 2.05) is 0 Å². The monoisotopic (exact) mass is 603 g/mol. The third-order valence-electron chi connectivity index (χ3n) is 5.18. The average Bonchev–Trinajstić information content (AvgIpc) is 3.34. The Morgan fingerprint density at radius 2 is 1.58 bits per heavy atom. The van der Waals surface area contributed by atoms with Crippen LogP contribution in [0.3, 0.4) is 0 Å². The van der Waals surface area contributed by atoms with E-state index >= 15 is 0 Å². The van der Waals surface area contributed by atoms with Crippen LogP contribution in [0.5, 0.6) is 0 Å². The standard InChI is InChI=1S/C22H17Cl5F3N3O3/c23-11-5-10(6-12(24)7-11)17-18(22(17,26)27)20(36)33-13-1-2-15(25)14(8-13)19(35)31-4-3-16(34)32-9-21(28,29)30/h1-2,5-8,17-18H,3-4,9H2,(H,31,35)(H,32,34)(H,33,36). The van der Waals surface area contributed by atoms with Crippen LogP contribution in [0.15, 0.2) is 36.4 Å². The lowest BCUT2D eigenvalue weighted by Gasteiger charge is -2.11. The summed E-state index contributed by atoms with van der Waals surface area (Å²) in [6, 6.07) is 8.88. The summed E-state index contributed by atoms with van der Waals surface area (Å²) in [5.74, 6) is -3.50. The van der Waals surface area contributed by atoms with Gasteiger partial charge in [0.05, 0.1) is 16.5 Å². The second-order valence-electron chi connectivity index (χ2n) is 7.91. The number of carbonyl (C=O) groups is 3. The Hall–Kier alpha value is -1.91. The van der Waals surface area contributed by atoms with Gasteiger partial charge < -0.3 is 16.0 Å². The smallest absolute Gasteiger partial charge is 0.351 e. The zero-order valence-electron chi connectivity index (χ0n) is 18.0. The maximum atomic E-state index is 12.9. The quantitative estimate of drug-likeness (QED) is 0.324. The van der Waals surface area contributed by atoms with E-state index < -0.39 is 46.6 Å². The van der Waals surface area contributed by atoms with Crippen LogP contribution in [0.1, 0.15) is 28.3 Å². The minimum Gasteiger partial charge on any atom is -0.351 e. The fourth-order valence-electron chi connectivity index (χ4n) is 3.49. The molecule has 3 N–H and O–H groups in total. The van der Waals surface area contributed by atoms with E-state index in [1.165, 1.54) is 24.3 Å². The second kappa shape index (κ2) is 11.2. The molecule has 0 saturated heterocycles. The SMILES string of the molecule is O=C(CCNC(=O)c1cc(NC(=O)C2C(c3cc(Cl)cc(Cl)c3)C2(Cl)Cl)ccc1Cl)NCC(F)(F)F. The van der Waals surface area contributed by atoms with Gasteiger partial charge in [-0.2, -0.15) is 13.2 Å². The molecule has 2 aromatic carbocycles. The lowest BCUT2D eigenvalue weighted by atomic mass is 10.1. The molecular formula is C22H17Cl5F3N3O3. The maximum absolute atomic E-state index is 12.9. The summed E-state index contributed by atoms with van der Waals surface area (Å²) < 4.78 is 35.0. The highest BCUT2D eigenvalue weighted by Crippen LogP contribution is 2.65. The molecule has 1 fully saturated rings. The van der Waals surface area contributed by atoms with Crippen molar-refractivity contribution >= 4 is 81.4 Å². The van der Waals surface area contributed by atoms with Crippen LogP contribution < -0.4 is 16.0 Å². The van der Waals surface area contributed by atoms with Crippen molar-refractivity contribution in [3.05, 3.63) is 62.6 Å². The number of alkyl halides is 5. The van der Waals surface area contributed by atoms with Crippen LogP contribution in [0.25, 0.3) is 0 Å². The molecule has 6 nitrogen and oxygen atoms in total. The predicted octanol–water partition coefficient (Wildman–Crippen LogP) is 5.97. The molecule has 0 heterocycles. The number of benzene rings is 2. The van der Waals surface area contributed by atoms with E-state index in [1.54, 1.807) is 17.4 Å². The minimum atomic E-state index is -4.54. The Labute approximate surface area is 228 Å². The van der Waals surface area contributed by atoms with Crippen molar-refractivity contribution < 1.29 is 27.6 Å². The van der Waals surface area contributed by atoms with E-state index in [0.717, 1.165) is 0 Å². The third kappa shape index (κ3) is 7.32. The summed E-state index contributed by atoms with van der Waals surface area (Å²) in [7, 11) is 0. The molecule has 2 atom stereocenters. The van der Waals surface area contributed by atoms with Crippen molar-refractivity contribution in [1.29, 1.82) is 0 Å². The Bertz CT molecular complexity index is 1170. The molecule has 1 saturated carbocycles. The number of carbonyl (C=O) groups excluding carboxylic acids is 3. The highest BCUT2D eigenvalue weighted by molar-refractivity contribution is 6.53. The number of amides is 3. The van der Waals surface area contributed by atoms with Gasteiger partial charge in [-0.15, -0.1) is 23.2 Å². The molecule has 14 heteroatoms. The van der Waals surface area contributed by atoms with Crippen LogP contribution in [0, 0.1) is 5.92 Å². The van der Waals surface area contributed by atoms with E-state index in [0.29, 0.717) is 15.6 Å². The Morgan fingerprint density at radius 3 is 2.19 bits per heavy atom. The first-order valence-electron chi connectivity index (χ1n) is 10.2. The maximum Gasteiger partial charge on any atom is 0.405 e. The molecule has 1 aliphatic carbocycles. The van der Waals surface area contributed by atoms with Gasteiger partial charge in [-0.25, -0.2) is 0 Å². The first-order valence-corrected chi connectivity index (χ1v) is 12.1. The zero-order valence-corrected chi connectivity index (χ0v) is 21.8. The number of halogens is 8. The number of rotatable bonds is 8. The summed E-state index contributed by atoms with van der Waals surface area (Å²) in [4.78, 5) is 36.8. The molecule has 0 radical (unpaired) electrons. The van der Waals surface area contributed by atoms with Crippen molar-refractivity contribution in [2.75, 3.05) is 18.4 Å². The van der Waals surface area contributed by atoms with Crippen LogP contribution >= 0.6 is 58.0 Å². The molecule has 194 valence electrons. The van der Waals surface area contributed by atoms with E-state index in [4.69, 9.17) is 58.0 Å². The average molecular weight is 606 g/mol. The van der Waals surface area contributed by atoms with E-state index in [9.17, 15) is 27.6 Å². The number of nitrogens with one attached hydrogen (secondary N) is 3. The number of hydrogen-bond acceptors (Lipinski definition) is 3. The molecule has 0 spiro atoms. The Balaban J connectivity index is 1.61. The van der Waals surface area contributed by atoms with Gasteiger partial charge in [0.25, 0.3) is 5.91 Å². The molecule has 0 aliphatic heterocycles. The molecule has 0 aromatic heterocycles. The normalized spacial score (nSPS) is 18.3. The fraction of sp³-hybridized carbons (Fsp3) is 0.318. The van der Waals surface area contributed by atoms with Crippen LogP contribution in [0.2, 0.25) is 15.1 Å². The van der Waals surface area contributed by atoms with Gasteiger partial charge in [0.2, 0.25) is 11.8 Å². The number of hydrogen-bond donors (Lipinski definition) is 3. The molecule has 36 heavy (non-hydrogen) atoms.